The number of rotatable bonds is 4. The third kappa shape index (κ3) is 3.07. The first kappa shape index (κ1) is 13.9. The zero-order valence-corrected chi connectivity index (χ0v) is 11.9. The lowest BCUT2D eigenvalue weighted by atomic mass is 10.4. The van der Waals surface area contributed by atoms with Crippen molar-refractivity contribution in [3.8, 4) is 5.75 Å². The molecule has 0 spiro atoms. The molecule has 0 bridgehead atoms. The molecule has 0 fully saturated rings. The van der Waals surface area contributed by atoms with Gasteiger partial charge in [-0.2, -0.15) is 0 Å². The van der Waals surface area contributed by atoms with Crippen LogP contribution in [0.25, 0.3) is 10.3 Å². The summed E-state index contributed by atoms with van der Waals surface area (Å²) < 4.78 is 5.99. The van der Waals surface area contributed by atoms with E-state index in [2.05, 4.69) is 9.97 Å². The maximum Gasteiger partial charge on any atom is 0.319 e. The molecule has 2 rings (SSSR count). The number of nitrogens with zero attached hydrogens (tertiary/aromatic N) is 1. The van der Waals surface area contributed by atoms with Gasteiger partial charge >= 0.3 is 5.97 Å². The number of thioether (sulfide) groups is 1. The second-order valence-electron chi connectivity index (χ2n) is 3.69. The molecule has 102 valence electrons. The number of nitrogens with one attached hydrogen (secondary N) is 1. The molecule has 2 aromatic rings. The highest BCUT2D eigenvalue weighted by atomic mass is 32.2. The monoisotopic (exact) mass is 300 g/mol. The smallest absolute Gasteiger partial charge is 0.319 e. The third-order valence-electron chi connectivity index (χ3n) is 2.25. The van der Waals surface area contributed by atoms with Gasteiger partial charge < -0.3 is 14.8 Å². The van der Waals surface area contributed by atoms with Crippen molar-refractivity contribution in [3.63, 3.8) is 0 Å². The quantitative estimate of drug-likeness (QED) is 0.660. The first-order valence-electron chi connectivity index (χ1n) is 5.57. The summed E-state index contributed by atoms with van der Waals surface area (Å²) in [5, 5.41) is 9.25. The van der Waals surface area contributed by atoms with E-state index >= 15 is 0 Å². The number of aromatic hydroxyl groups is 1. The molecule has 2 aromatic heterocycles. The summed E-state index contributed by atoms with van der Waals surface area (Å²) in [4.78, 5) is 29.4. The fourth-order valence-corrected chi connectivity index (χ4v) is 3.57. The average Bonchev–Trinajstić information content (AvgIpc) is 2.72. The predicted molar refractivity (Wildman–Crippen MR) is 73.9 cm³/mol. The van der Waals surface area contributed by atoms with E-state index in [1.54, 1.807) is 13.8 Å². The maximum atomic E-state index is 11.5. The molecule has 2 N–H and O–H groups in total. The van der Waals surface area contributed by atoms with Crippen LogP contribution in [-0.4, -0.2) is 32.9 Å². The molecular weight excluding hydrogens is 288 g/mol. The number of thiazole rings is 1. The normalized spacial score (nSPS) is 12.5. The van der Waals surface area contributed by atoms with Crippen molar-refractivity contribution < 1.29 is 14.6 Å². The van der Waals surface area contributed by atoms with Crippen molar-refractivity contribution in [1.82, 2.24) is 9.97 Å². The van der Waals surface area contributed by atoms with Crippen LogP contribution in [0.3, 0.4) is 0 Å². The number of carbonyl (C=O) groups excluding carboxylic acids is 1. The van der Waals surface area contributed by atoms with E-state index < -0.39 is 10.8 Å². The molecular formula is C11H12N2O4S2. The van der Waals surface area contributed by atoms with Crippen LogP contribution in [0.2, 0.25) is 0 Å². The lowest BCUT2D eigenvalue weighted by Gasteiger charge is -2.07. The van der Waals surface area contributed by atoms with Gasteiger partial charge in [-0.05, 0) is 13.8 Å². The second-order valence-corrected chi connectivity index (χ2v) is 6.28. The van der Waals surface area contributed by atoms with Crippen LogP contribution in [0.5, 0.6) is 5.75 Å². The molecule has 0 aliphatic carbocycles. The largest absolute Gasteiger partial charge is 0.506 e. The first-order chi connectivity index (χ1) is 9.01. The van der Waals surface area contributed by atoms with Crippen LogP contribution in [0.15, 0.2) is 15.2 Å². The van der Waals surface area contributed by atoms with Crippen molar-refractivity contribution >= 4 is 39.4 Å². The Morgan fingerprint density at radius 3 is 3.11 bits per heavy atom. The van der Waals surface area contributed by atoms with Gasteiger partial charge in [-0.25, -0.2) is 4.98 Å². The van der Waals surface area contributed by atoms with Crippen molar-refractivity contribution in [3.05, 3.63) is 16.4 Å². The van der Waals surface area contributed by atoms with Crippen LogP contribution in [0, 0.1) is 0 Å². The number of fused-ring (bicyclic) bond motifs is 1. The van der Waals surface area contributed by atoms with E-state index in [0.717, 1.165) is 6.07 Å². The van der Waals surface area contributed by atoms with E-state index in [-0.39, 0.29) is 11.7 Å². The fraction of sp³-hybridized carbons (Fsp3) is 0.364. The summed E-state index contributed by atoms with van der Waals surface area (Å²) in [6.45, 7) is 3.80. The van der Waals surface area contributed by atoms with Crippen molar-refractivity contribution in [2.24, 2.45) is 0 Å². The molecule has 2 heterocycles. The molecule has 0 amide bonds. The first-order valence-corrected chi connectivity index (χ1v) is 7.27. The molecule has 0 saturated heterocycles. The number of ether oxygens (including phenoxy) is 1. The summed E-state index contributed by atoms with van der Waals surface area (Å²) in [5.41, 5.74) is -0.0844. The Hall–Kier alpha value is -1.54. The summed E-state index contributed by atoms with van der Waals surface area (Å²) in [5.74, 6) is -0.420. The average molecular weight is 300 g/mol. The summed E-state index contributed by atoms with van der Waals surface area (Å²) in [6.07, 6.45) is 0. The molecule has 8 heteroatoms. The Labute approximate surface area is 116 Å². The highest BCUT2D eigenvalue weighted by molar-refractivity contribution is 8.02. The summed E-state index contributed by atoms with van der Waals surface area (Å²) >= 11 is 2.45. The van der Waals surface area contributed by atoms with Crippen LogP contribution in [0.1, 0.15) is 13.8 Å². The third-order valence-corrected chi connectivity index (χ3v) is 4.50. The minimum absolute atomic E-state index is 0.105. The number of pyridine rings is 1. The molecule has 19 heavy (non-hydrogen) atoms. The van der Waals surface area contributed by atoms with E-state index in [9.17, 15) is 14.7 Å². The van der Waals surface area contributed by atoms with Crippen molar-refractivity contribution in [1.29, 1.82) is 0 Å². The van der Waals surface area contributed by atoms with E-state index in [0.29, 0.717) is 21.3 Å². The van der Waals surface area contributed by atoms with Crippen LogP contribution >= 0.6 is 23.1 Å². The molecule has 1 unspecified atom stereocenters. The van der Waals surface area contributed by atoms with Gasteiger partial charge in [0.05, 0.1) is 6.61 Å². The van der Waals surface area contributed by atoms with E-state index in [1.165, 1.54) is 23.1 Å². The fourth-order valence-electron chi connectivity index (χ4n) is 1.41. The zero-order valence-electron chi connectivity index (χ0n) is 10.3. The summed E-state index contributed by atoms with van der Waals surface area (Å²) in [7, 11) is 0. The van der Waals surface area contributed by atoms with E-state index in [4.69, 9.17) is 4.74 Å². The van der Waals surface area contributed by atoms with Crippen LogP contribution in [0.4, 0.5) is 0 Å². The number of hydrogen-bond donors (Lipinski definition) is 2. The van der Waals surface area contributed by atoms with E-state index in [1.807, 2.05) is 0 Å². The molecule has 6 nitrogen and oxygen atoms in total. The molecule has 0 aliphatic heterocycles. The highest BCUT2D eigenvalue weighted by Gasteiger charge is 2.18. The molecule has 0 aromatic carbocycles. The van der Waals surface area contributed by atoms with Gasteiger partial charge in [0.2, 0.25) is 0 Å². The Morgan fingerprint density at radius 2 is 2.42 bits per heavy atom. The van der Waals surface area contributed by atoms with Gasteiger partial charge in [0.1, 0.15) is 15.7 Å². The van der Waals surface area contributed by atoms with Gasteiger partial charge in [0.15, 0.2) is 9.99 Å². The maximum absolute atomic E-state index is 11.5. The van der Waals surface area contributed by atoms with Gasteiger partial charge in [0.25, 0.3) is 5.56 Å². The number of aromatic amines is 1. The minimum atomic E-state index is -0.412. The molecule has 1 atom stereocenters. The minimum Gasteiger partial charge on any atom is -0.506 e. The zero-order chi connectivity index (χ0) is 14.0. The predicted octanol–water partition coefficient (Wildman–Crippen LogP) is 1.73. The van der Waals surface area contributed by atoms with Gasteiger partial charge in [-0.15, -0.1) is 11.3 Å². The lowest BCUT2D eigenvalue weighted by molar-refractivity contribution is -0.142. The lowest BCUT2D eigenvalue weighted by Crippen LogP contribution is -2.16. The highest BCUT2D eigenvalue weighted by Crippen LogP contribution is 2.34. The standard InChI is InChI=1S/C11H12N2O4S2/c1-3-17-10(16)5(2)18-11-13-9-8(19-11)6(14)4-7(15)12-9/h4-5H,3H2,1-2H3,(H2,12,14,15). The molecule has 0 saturated carbocycles. The van der Waals surface area contributed by atoms with Gasteiger partial charge in [-0.1, -0.05) is 11.8 Å². The second kappa shape index (κ2) is 5.62. The number of esters is 1. The number of hydrogen-bond acceptors (Lipinski definition) is 7. The van der Waals surface area contributed by atoms with Crippen LogP contribution in [-0.2, 0) is 9.53 Å². The number of carbonyl (C=O) groups is 1. The number of H-pyrrole nitrogens is 1. The SMILES string of the molecule is CCOC(=O)C(C)Sc1nc2[nH]c(=O)cc(O)c2s1. The number of aromatic nitrogens is 2. The molecule has 0 radical (unpaired) electrons. The van der Waals surface area contributed by atoms with Crippen molar-refractivity contribution in [2.75, 3.05) is 6.61 Å². The Balaban J connectivity index is 2.25. The van der Waals surface area contributed by atoms with Crippen LogP contribution < -0.4 is 5.56 Å². The van der Waals surface area contributed by atoms with Gasteiger partial charge in [0, 0.05) is 6.07 Å². The molecule has 0 aliphatic rings. The Kier molecular flexibility index (Phi) is 4.11. The topological polar surface area (TPSA) is 92.3 Å². The van der Waals surface area contributed by atoms with Crippen molar-refractivity contribution in [2.45, 2.75) is 23.4 Å². The Bertz CT molecular complexity index is 664. The van der Waals surface area contributed by atoms with Gasteiger partial charge in [-0.3, -0.25) is 9.59 Å². The Morgan fingerprint density at radius 1 is 1.68 bits per heavy atom. The summed E-state index contributed by atoms with van der Waals surface area (Å²) in [6, 6.07) is 1.10.